The lowest BCUT2D eigenvalue weighted by atomic mass is 10.1. The number of nitrogens with one attached hydrogen (secondary N) is 1. The third-order valence-corrected chi connectivity index (χ3v) is 9.97. The Kier molecular flexibility index (Phi) is 9.14. The van der Waals surface area contributed by atoms with Crippen LogP contribution in [0, 0.1) is 0 Å². The van der Waals surface area contributed by atoms with Gasteiger partial charge in [0.25, 0.3) is 5.91 Å². The molecule has 1 N–H and O–H groups in total. The number of amides is 1. The smallest absolute Gasteiger partial charge is 0.280 e. The van der Waals surface area contributed by atoms with Crippen molar-refractivity contribution in [1.29, 1.82) is 0 Å². The largest absolute Gasteiger partial charge is 0.389 e. The number of hydrogen-bond donors (Lipinski definition) is 1. The van der Waals surface area contributed by atoms with Crippen LogP contribution in [-0.4, -0.2) is 107 Å². The summed E-state index contributed by atoms with van der Waals surface area (Å²) in [6, 6.07) is 9.88. The van der Waals surface area contributed by atoms with Crippen LogP contribution in [0.25, 0.3) is 10.3 Å². The van der Waals surface area contributed by atoms with Crippen LogP contribution in [0.2, 0.25) is 0 Å². The van der Waals surface area contributed by atoms with Crippen molar-refractivity contribution in [3.63, 3.8) is 0 Å². The summed E-state index contributed by atoms with van der Waals surface area (Å²) >= 11 is 1.26. The number of nitrogens with zero attached hydrogens (tertiary/aromatic N) is 5. The number of oxime groups is 1. The zero-order chi connectivity index (χ0) is 29.0. The lowest BCUT2D eigenvalue weighted by Gasteiger charge is -2.20. The van der Waals surface area contributed by atoms with Gasteiger partial charge in [-0.25, -0.2) is 18.4 Å². The number of ether oxygens (including phenoxy) is 2. The summed E-state index contributed by atoms with van der Waals surface area (Å²) in [7, 11) is 2.49. The van der Waals surface area contributed by atoms with Gasteiger partial charge < -0.3 is 24.1 Å². The second-order valence-electron chi connectivity index (χ2n) is 10.3. The van der Waals surface area contributed by atoms with Crippen molar-refractivity contribution in [1.82, 2.24) is 14.9 Å². The Bertz CT molecular complexity index is 1500. The van der Waals surface area contributed by atoms with Gasteiger partial charge in [-0.05, 0) is 44.8 Å². The number of pyridine rings is 1. The molecule has 2 saturated heterocycles. The number of benzene rings is 1. The van der Waals surface area contributed by atoms with Crippen LogP contribution in [0.1, 0.15) is 18.4 Å². The predicted molar refractivity (Wildman–Crippen MR) is 158 cm³/mol. The number of thiazole rings is 1. The highest BCUT2D eigenvalue weighted by Gasteiger charge is 2.31. The average molecular weight is 603 g/mol. The maximum Gasteiger partial charge on any atom is 0.280 e. The zero-order valence-corrected chi connectivity index (χ0v) is 24.9. The van der Waals surface area contributed by atoms with Gasteiger partial charge in [0.15, 0.2) is 26.8 Å². The highest BCUT2D eigenvalue weighted by molar-refractivity contribution is 7.92. The molecular formula is C27H34N6O6S2. The van der Waals surface area contributed by atoms with Crippen LogP contribution in [0.4, 0.5) is 10.9 Å². The van der Waals surface area contributed by atoms with Crippen LogP contribution >= 0.6 is 11.3 Å². The molecular weight excluding hydrogens is 568 g/mol. The third-order valence-electron chi connectivity index (χ3n) is 6.91. The van der Waals surface area contributed by atoms with E-state index < -0.39 is 21.0 Å². The second-order valence-corrected chi connectivity index (χ2v) is 13.5. The van der Waals surface area contributed by atoms with Crippen molar-refractivity contribution >= 4 is 54.1 Å². The molecule has 14 heteroatoms. The summed E-state index contributed by atoms with van der Waals surface area (Å²) in [4.78, 5) is 33.4. The van der Waals surface area contributed by atoms with Crippen molar-refractivity contribution in [3.8, 4) is 0 Å². The van der Waals surface area contributed by atoms with Crippen LogP contribution in [0.3, 0.4) is 0 Å². The molecule has 0 spiro atoms. The van der Waals surface area contributed by atoms with Crippen LogP contribution < -0.4 is 10.2 Å². The number of rotatable bonds is 11. The molecule has 4 heterocycles. The molecule has 1 aromatic carbocycles. The number of sulfone groups is 1. The Hall–Kier alpha value is -3.17. The molecule has 0 radical (unpaired) electrons. The zero-order valence-electron chi connectivity index (χ0n) is 23.3. The highest BCUT2D eigenvalue weighted by Crippen LogP contribution is 2.27. The van der Waals surface area contributed by atoms with E-state index in [2.05, 4.69) is 25.3 Å². The molecule has 0 aliphatic carbocycles. The molecule has 0 saturated carbocycles. The SMILES string of the molecule is CN(C)CCN(C)c1ccc2nc(NC(=O)C(=NO[C@@H]3CCOC3)c3ccc(S(=O)(=O)[C@H]4CCOC4)cc3)sc2n1. The molecule has 2 aromatic heterocycles. The summed E-state index contributed by atoms with van der Waals surface area (Å²) in [6.07, 6.45) is 0.851. The normalized spacial score (nSPS) is 19.7. The quantitative estimate of drug-likeness (QED) is 0.257. The number of anilines is 2. The lowest BCUT2D eigenvalue weighted by molar-refractivity contribution is -0.110. The van der Waals surface area contributed by atoms with E-state index in [9.17, 15) is 13.2 Å². The summed E-state index contributed by atoms with van der Waals surface area (Å²) < 4.78 is 36.5. The monoisotopic (exact) mass is 602 g/mol. The summed E-state index contributed by atoms with van der Waals surface area (Å²) in [6.45, 7) is 3.25. The molecule has 5 rings (SSSR count). The number of aromatic nitrogens is 2. The molecule has 0 unspecified atom stereocenters. The topological polar surface area (TPSA) is 136 Å². The Morgan fingerprint density at radius 2 is 1.80 bits per heavy atom. The minimum absolute atomic E-state index is 0.00127. The molecule has 2 fully saturated rings. The number of carbonyl (C=O) groups is 1. The minimum atomic E-state index is -3.54. The minimum Gasteiger partial charge on any atom is -0.389 e. The van der Waals surface area contributed by atoms with E-state index in [0.717, 1.165) is 18.9 Å². The van der Waals surface area contributed by atoms with Crippen LogP contribution in [0.15, 0.2) is 46.4 Å². The standard InChI is InChI=1S/C27H34N6O6S2/c1-32(2)12-13-33(3)23-9-8-22-26(29-23)40-27(28-22)30-25(34)24(31-39-19-10-14-37-16-19)18-4-6-20(7-5-18)41(35,36)21-11-15-38-17-21/h4-9,19,21H,10-17H2,1-3H3,(H,28,30,34)/t19-,21+/m1/s1. The van der Waals surface area contributed by atoms with Gasteiger partial charge in [0.1, 0.15) is 16.2 Å². The Balaban J connectivity index is 1.36. The molecule has 2 atom stereocenters. The van der Waals surface area contributed by atoms with E-state index >= 15 is 0 Å². The molecule has 2 aliphatic rings. The number of likely N-dealkylation sites (N-methyl/N-ethyl adjacent to an activating group) is 2. The second kappa shape index (κ2) is 12.8. The molecule has 41 heavy (non-hydrogen) atoms. The highest BCUT2D eigenvalue weighted by atomic mass is 32.2. The molecule has 12 nitrogen and oxygen atoms in total. The number of hydrogen-bond acceptors (Lipinski definition) is 12. The van der Waals surface area contributed by atoms with E-state index in [1.807, 2.05) is 33.3 Å². The third kappa shape index (κ3) is 7.01. The van der Waals surface area contributed by atoms with E-state index in [1.54, 1.807) is 12.1 Å². The summed E-state index contributed by atoms with van der Waals surface area (Å²) in [5.41, 5.74) is 1.08. The Morgan fingerprint density at radius 3 is 2.49 bits per heavy atom. The van der Waals surface area contributed by atoms with Crippen LogP contribution in [-0.2, 0) is 28.9 Å². The van der Waals surface area contributed by atoms with Gasteiger partial charge in [-0.1, -0.05) is 28.6 Å². The van der Waals surface area contributed by atoms with Gasteiger partial charge in [-0.2, -0.15) is 0 Å². The van der Waals surface area contributed by atoms with Gasteiger partial charge in [0.05, 0.1) is 30.0 Å². The molecule has 220 valence electrons. The lowest BCUT2D eigenvalue weighted by Crippen LogP contribution is -2.28. The van der Waals surface area contributed by atoms with E-state index in [-0.39, 0.29) is 23.3 Å². The first-order chi connectivity index (χ1) is 19.7. The van der Waals surface area contributed by atoms with Gasteiger partial charge >= 0.3 is 0 Å². The van der Waals surface area contributed by atoms with E-state index in [4.69, 9.17) is 19.3 Å². The molecule has 1 amide bonds. The molecule has 0 bridgehead atoms. The average Bonchev–Trinajstić information content (AvgIpc) is 3.74. The van der Waals surface area contributed by atoms with Crippen molar-refractivity contribution in [3.05, 3.63) is 42.0 Å². The maximum atomic E-state index is 13.5. The first-order valence-electron chi connectivity index (χ1n) is 13.4. The first-order valence-corrected chi connectivity index (χ1v) is 15.8. The molecule has 2 aliphatic heterocycles. The Morgan fingerprint density at radius 1 is 1.05 bits per heavy atom. The first kappa shape index (κ1) is 29.3. The van der Waals surface area contributed by atoms with Gasteiger partial charge in [0, 0.05) is 38.7 Å². The van der Waals surface area contributed by atoms with Crippen LogP contribution in [0.5, 0.6) is 0 Å². The fourth-order valence-corrected chi connectivity index (χ4v) is 6.81. The number of fused-ring (bicyclic) bond motifs is 1. The Labute approximate surface area is 243 Å². The predicted octanol–water partition coefficient (Wildman–Crippen LogP) is 2.40. The van der Waals surface area contributed by atoms with Gasteiger partial charge in [0.2, 0.25) is 0 Å². The van der Waals surface area contributed by atoms with Crippen molar-refractivity contribution in [2.75, 3.05) is 70.9 Å². The fourth-order valence-electron chi connectivity index (χ4n) is 4.40. The van der Waals surface area contributed by atoms with Gasteiger partial charge in [-0.15, -0.1) is 0 Å². The summed E-state index contributed by atoms with van der Waals surface area (Å²) in [5, 5.41) is 6.78. The fraction of sp³-hybridized carbons (Fsp3) is 0.481. The molecule has 3 aromatic rings. The van der Waals surface area contributed by atoms with Crippen molar-refractivity contribution < 1.29 is 27.5 Å². The van der Waals surface area contributed by atoms with Crippen molar-refractivity contribution in [2.45, 2.75) is 29.1 Å². The maximum absolute atomic E-state index is 13.5. The van der Waals surface area contributed by atoms with Crippen molar-refractivity contribution in [2.24, 2.45) is 5.16 Å². The van der Waals surface area contributed by atoms with Gasteiger partial charge in [-0.3, -0.25) is 10.1 Å². The summed E-state index contributed by atoms with van der Waals surface area (Å²) in [5.74, 6) is 0.278. The number of carbonyl (C=O) groups excluding carboxylic acids is 1. The van der Waals surface area contributed by atoms with E-state index in [0.29, 0.717) is 53.7 Å². The van der Waals surface area contributed by atoms with E-state index in [1.165, 1.54) is 23.5 Å².